The van der Waals surface area contributed by atoms with Crippen molar-refractivity contribution in [1.82, 2.24) is 10.2 Å². The number of rotatable bonds is 7. The molecular formula is C16H25N3O2. The molecule has 2 amide bonds. The first-order chi connectivity index (χ1) is 10.0. The van der Waals surface area contributed by atoms with Crippen LogP contribution in [0.3, 0.4) is 0 Å². The third kappa shape index (κ3) is 4.86. The van der Waals surface area contributed by atoms with Crippen LogP contribution in [0.1, 0.15) is 31.1 Å². The van der Waals surface area contributed by atoms with E-state index in [1.807, 2.05) is 27.8 Å². The van der Waals surface area contributed by atoms with Crippen molar-refractivity contribution in [2.24, 2.45) is 5.92 Å². The lowest BCUT2D eigenvalue weighted by atomic mass is 10.1. The molecular weight excluding hydrogens is 266 g/mol. The van der Waals surface area contributed by atoms with E-state index < -0.39 is 0 Å². The van der Waals surface area contributed by atoms with Gasteiger partial charge in [0, 0.05) is 36.8 Å². The van der Waals surface area contributed by atoms with Gasteiger partial charge in [0.15, 0.2) is 0 Å². The zero-order valence-corrected chi connectivity index (χ0v) is 13.3. The van der Waals surface area contributed by atoms with E-state index in [4.69, 9.17) is 0 Å². The lowest BCUT2D eigenvalue weighted by Gasteiger charge is -2.18. The van der Waals surface area contributed by atoms with E-state index >= 15 is 0 Å². The Morgan fingerprint density at radius 3 is 2.19 bits per heavy atom. The van der Waals surface area contributed by atoms with E-state index in [0.29, 0.717) is 30.9 Å². The number of hydrogen-bond donors (Lipinski definition) is 2. The maximum Gasteiger partial charge on any atom is 0.253 e. The molecule has 0 aliphatic rings. The highest BCUT2D eigenvalue weighted by atomic mass is 16.2. The smallest absolute Gasteiger partial charge is 0.253 e. The normalized spacial score (nSPS) is 11.8. The molecule has 0 aliphatic carbocycles. The molecule has 21 heavy (non-hydrogen) atoms. The summed E-state index contributed by atoms with van der Waals surface area (Å²) in [5.41, 5.74) is 1.35. The van der Waals surface area contributed by atoms with Crippen LogP contribution in [0.15, 0.2) is 24.3 Å². The predicted molar refractivity (Wildman–Crippen MR) is 85.4 cm³/mol. The van der Waals surface area contributed by atoms with E-state index in [0.717, 1.165) is 0 Å². The first-order valence-corrected chi connectivity index (χ1v) is 7.38. The fourth-order valence-corrected chi connectivity index (χ4v) is 2.05. The van der Waals surface area contributed by atoms with Gasteiger partial charge in [-0.15, -0.1) is 0 Å². The molecule has 1 aromatic carbocycles. The maximum atomic E-state index is 12.2. The number of anilines is 1. The Kier molecular flexibility index (Phi) is 6.88. The van der Waals surface area contributed by atoms with Gasteiger partial charge in [-0.05, 0) is 45.2 Å². The van der Waals surface area contributed by atoms with E-state index in [1.165, 1.54) is 0 Å². The number of nitrogens with zero attached hydrogens (tertiary/aromatic N) is 1. The highest BCUT2D eigenvalue weighted by Gasteiger charge is 2.14. The van der Waals surface area contributed by atoms with Gasteiger partial charge < -0.3 is 15.5 Å². The molecule has 0 radical (unpaired) electrons. The summed E-state index contributed by atoms with van der Waals surface area (Å²) in [5, 5.41) is 5.82. The topological polar surface area (TPSA) is 61.4 Å². The van der Waals surface area contributed by atoms with Crippen LogP contribution in [-0.4, -0.2) is 43.4 Å². The second-order valence-electron chi connectivity index (χ2n) is 5.00. The molecule has 5 heteroatoms. The van der Waals surface area contributed by atoms with E-state index in [9.17, 15) is 9.59 Å². The Hall–Kier alpha value is -1.88. The molecule has 0 heterocycles. The van der Waals surface area contributed by atoms with Gasteiger partial charge in [0.05, 0.1) is 0 Å². The van der Waals surface area contributed by atoms with Crippen LogP contribution in [-0.2, 0) is 4.79 Å². The van der Waals surface area contributed by atoms with E-state index in [-0.39, 0.29) is 17.7 Å². The molecule has 1 unspecified atom stereocenters. The highest BCUT2D eigenvalue weighted by Crippen LogP contribution is 2.12. The van der Waals surface area contributed by atoms with Gasteiger partial charge in [-0.25, -0.2) is 0 Å². The van der Waals surface area contributed by atoms with Gasteiger partial charge in [-0.1, -0.05) is 6.92 Å². The molecule has 0 saturated heterocycles. The number of hydrogen-bond acceptors (Lipinski definition) is 3. The zero-order chi connectivity index (χ0) is 15.8. The SMILES string of the molecule is CCN(CC)C(=O)c1ccc(NC(=O)C(C)CNC)cc1. The molecule has 0 aromatic heterocycles. The predicted octanol–water partition coefficient (Wildman–Crippen LogP) is 1.96. The third-order valence-corrected chi connectivity index (χ3v) is 3.41. The van der Waals surface area contributed by atoms with Crippen molar-refractivity contribution in [3.05, 3.63) is 29.8 Å². The van der Waals surface area contributed by atoms with E-state index in [1.54, 1.807) is 29.2 Å². The Morgan fingerprint density at radius 2 is 1.71 bits per heavy atom. The summed E-state index contributed by atoms with van der Waals surface area (Å²) in [7, 11) is 1.82. The molecule has 5 nitrogen and oxygen atoms in total. The largest absolute Gasteiger partial charge is 0.339 e. The minimum atomic E-state index is -0.105. The molecule has 1 atom stereocenters. The lowest BCUT2D eigenvalue weighted by molar-refractivity contribution is -0.119. The summed E-state index contributed by atoms with van der Waals surface area (Å²) in [5.74, 6) is -0.124. The maximum absolute atomic E-state index is 12.2. The number of carbonyl (C=O) groups is 2. The monoisotopic (exact) mass is 291 g/mol. The van der Waals surface area contributed by atoms with Crippen LogP contribution in [0, 0.1) is 5.92 Å². The quantitative estimate of drug-likeness (QED) is 0.807. The highest BCUT2D eigenvalue weighted by molar-refractivity contribution is 5.96. The molecule has 0 fully saturated rings. The third-order valence-electron chi connectivity index (χ3n) is 3.41. The summed E-state index contributed by atoms with van der Waals surface area (Å²) in [6, 6.07) is 7.03. The van der Waals surface area contributed by atoms with Crippen LogP contribution >= 0.6 is 0 Å². The average molecular weight is 291 g/mol. The summed E-state index contributed by atoms with van der Waals surface area (Å²) in [6.45, 7) is 7.79. The zero-order valence-electron chi connectivity index (χ0n) is 13.3. The summed E-state index contributed by atoms with van der Waals surface area (Å²) < 4.78 is 0. The van der Waals surface area contributed by atoms with Crippen molar-refractivity contribution in [2.45, 2.75) is 20.8 Å². The molecule has 1 rings (SSSR count). The molecule has 0 bridgehead atoms. The summed E-state index contributed by atoms with van der Waals surface area (Å²) in [4.78, 5) is 25.8. The van der Waals surface area contributed by atoms with Crippen molar-refractivity contribution in [3.8, 4) is 0 Å². The summed E-state index contributed by atoms with van der Waals surface area (Å²) >= 11 is 0. The van der Waals surface area contributed by atoms with Crippen LogP contribution < -0.4 is 10.6 Å². The standard InChI is InChI=1S/C16H25N3O2/c1-5-19(6-2)16(21)13-7-9-14(10-8-13)18-15(20)12(3)11-17-4/h7-10,12,17H,5-6,11H2,1-4H3,(H,18,20). The minimum Gasteiger partial charge on any atom is -0.339 e. The van der Waals surface area contributed by atoms with Crippen molar-refractivity contribution in [1.29, 1.82) is 0 Å². The fraction of sp³-hybridized carbons (Fsp3) is 0.500. The summed E-state index contributed by atoms with van der Waals surface area (Å²) in [6.07, 6.45) is 0. The second kappa shape index (κ2) is 8.42. The van der Waals surface area contributed by atoms with Crippen LogP contribution in [0.5, 0.6) is 0 Å². The first kappa shape index (κ1) is 17.2. The Morgan fingerprint density at radius 1 is 1.14 bits per heavy atom. The molecule has 0 spiro atoms. The van der Waals surface area contributed by atoms with Gasteiger partial charge in [0.1, 0.15) is 0 Å². The van der Waals surface area contributed by atoms with Crippen molar-refractivity contribution in [2.75, 3.05) is 32.0 Å². The van der Waals surface area contributed by atoms with Crippen LogP contribution in [0.4, 0.5) is 5.69 Å². The van der Waals surface area contributed by atoms with Crippen molar-refractivity contribution < 1.29 is 9.59 Å². The number of nitrogens with one attached hydrogen (secondary N) is 2. The molecule has 2 N–H and O–H groups in total. The van der Waals surface area contributed by atoms with Crippen molar-refractivity contribution >= 4 is 17.5 Å². The fourth-order valence-electron chi connectivity index (χ4n) is 2.05. The molecule has 116 valence electrons. The Bertz CT molecular complexity index is 467. The minimum absolute atomic E-state index is 0.0152. The second-order valence-corrected chi connectivity index (χ2v) is 5.00. The number of benzene rings is 1. The van der Waals surface area contributed by atoms with Crippen molar-refractivity contribution in [3.63, 3.8) is 0 Å². The molecule has 0 saturated carbocycles. The molecule has 0 aliphatic heterocycles. The average Bonchev–Trinajstić information content (AvgIpc) is 2.49. The molecule has 1 aromatic rings. The Balaban J connectivity index is 2.70. The lowest BCUT2D eigenvalue weighted by Crippen LogP contribution is -2.30. The van der Waals surface area contributed by atoms with Gasteiger partial charge in [-0.2, -0.15) is 0 Å². The van der Waals surface area contributed by atoms with Gasteiger partial charge >= 0.3 is 0 Å². The van der Waals surface area contributed by atoms with Crippen LogP contribution in [0.25, 0.3) is 0 Å². The number of amides is 2. The van der Waals surface area contributed by atoms with Gasteiger partial charge in [0.25, 0.3) is 5.91 Å². The first-order valence-electron chi connectivity index (χ1n) is 7.38. The van der Waals surface area contributed by atoms with E-state index in [2.05, 4.69) is 10.6 Å². The van der Waals surface area contributed by atoms with Gasteiger partial charge in [-0.3, -0.25) is 9.59 Å². The number of carbonyl (C=O) groups excluding carboxylic acids is 2. The van der Waals surface area contributed by atoms with Crippen LogP contribution in [0.2, 0.25) is 0 Å². The van der Waals surface area contributed by atoms with Gasteiger partial charge in [0.2, 0.25) is 5.91 Å². The Labute approximate surface area is 126 Å².